The number of thiol groups is 1. The molecule has 0 fully saturated rings. The van der Waals surface area contributed by atoms with E-state index < -0.39 is 6.03 Å². The fraction of sp³-hybridized carbons (Fsp3) is 0.300. The lowest BCUT2D eigenvalue weighted by Gasteiger charge is -2.10. The quantitative estimate of drug-likeness (QED) is 0.218. The van der Waals surface area contributed by atoms with Crippen LogP contribution in [0.4, 0.5) is 15.6 Å². The first-order chi connectivity index (χ1) is 14.1. The van der Waals surface area contributed by atoms with Crippen LogP contribution >= 0.6 is 38.2 Å². The number of halogens is 1. The molecule has 3 rings (SSSR count). The summed E-state index contributed by atoms with van der Waals surface area (Å²) < 4.78 is 0.916. The van der Waals surface area contributed by atoms with Crippen LogP contribution in [0.15, 0.2) is 45.2 Å². The average Bonchev–Trinajstić information content (AvgIpc) is 3.32. The van der Waals surface area contributed by atoms with Crippen molar-refractivity contribution >= 4 is 60.8 Å². The third kappa shape index (κ3) is 6.25. The average molecular weight is 495 g/mol. The van der Waals surface area contributed by atoms with Crippen LogP contribution in [-0.4, -0.2) is 21.8 Å². The number of thiazole rings is 1. The van der Waals surface area contributed by atoms with E-state index in [2.05, 4.69) is 66.4 Å². The Kier molecular flexibility index (Phi) is 8.02. The second-order valence-electron chi connectivity index (χ2n) is 6.48. The second kappa shape index (κ2) is 10.7. The zero-order valence-electron chi connectivity index (χ0n) is 16.0. The first kappa shape index (κ1) is 21.7. The van der Waals surface area contributed by atoms with Crippen molar-refractivity contribution in [1.82, 2.24) is 9.97 Å². The number of amides is 2. The van der Waals surface area contributed by atoms with E-state index in [9.17, 15) is 9.59 Å². The minimum Gasteiger partial charge on any atom is -0.307 e. The van der Waals surface area contributed by atoms with Crippen molar-refractivity contribution in [2.24, 2.45) is 0 Å². The number of hydrogen-bond acceptors (Lipinski definition) is 5. The summed E-state index contributed by atoms with van der Waals surface area (Å²) >= 11 is 4.91. The van der Waals surface area contributed by atoms with E-state index in [1.54, 1.807) is 12.3 Å². The van der Waals surface area contributed by atoms with E-state index in [1.807, 2.05) is 0 Å². The van der Waals surface area contributed by atoms with Gasteiger partial charge >= 0.3 is 6.03 Å². The van der Waals surface area contributed by atoms with Crippen LogP contribution in [-0.2, 0) is 5.75 Å². The maximum absolute atomic E-state index is 12.5. The van der Waals surface area contributed by atoms with E-state index in [1.165, 1.54) is 17.5 Å². The number of carbonyl (C=O) groups excluding carboxylic acids is 2. The second-order valence-corrected chi connectivity index (χ2v) is 10.7. The van der Waals surface area contributed by atoms with Crippen molar-refractivity contribution in [3.8, 4) is 0 Å². The van der Waals surface area contributed by atoms with Crippen LogP contribution in [0.5, 0.6) is 0 Å². The predicted octanol–water partition coefficient (Wildman–Crippen LogP) is 6.25. The van der Waals surface area contributed by atoms with Crippen molar-refractivity contribution in [2.75, 3.05) is 10.6 Å². The molecule has 29 heavy (non-hydrogen) atoms. The Bertz CT molecular complexity index is 930. The van der Waals surface area contributed by atoms with Gasteiger partial charge in [-0.25, -0.2) is 20.7 Å². The van der Waals surface area contributed by atoms with Gasteiger partial charge in [-0.1, -0.05) is 43.3 Å². The molecule has 0 spiro atoms. The SMILES string of the molecule is CCCCCC(=O)c1cnccc1NC(=O)Nc1nc(C[SH]2C=CC=C2)c(Br)s1. The van der Waals surface area contributed by atoms with Gasteiger partial charge in [-0.3, -0.25) is 15.1 Å². The summed E-state index contributed by atoms with van der Waals surface area (Å²) in [7, 11) is -0.322. The van der Waals surface area contributed by atoms with E-state index in [4.69, 9.17) is 0 Å². The summed E-state index contributed by atoms with van der Waals surface area (Å²) in [5.41, 5.74) is 1.82. The zero-order chi connectivity index (χ0) is 20.6. The summed E-state index contributed by atoms with van der Waals surface area (Å²) in [6.07, 6.45) is 10.5. The maximum atomic E-state index is 12.5. The van der Waals surface area contributed by atoms with E-state index in [0.29, 0.717) is 22.8 Å². The lowest BCUT2D eigenvalue weighted by Crippen LogP contribution is -2.21. The van der Waals surface area contributed by atoms with Gasteiger partial charge in [0.15, 0.2) is 10.9 Å². The molecule has 0 saturated carbocycles. The van der Waals surface area contributed by atoms with Crippen molar-refractivity contribution in [2.45, 2.75) is 38.4 Å². The van der Waals surface area contributed by atoms with E-state index in [-0.39, 0.29) is 16.7 Å². The predicted molar refractivity (Wildman–Crippen MR) is 126 cm³/mol. The third-order valence-corrected chi connectivity index (χ3v) is 7.77. The molecule has 0 aromatic carbocycles. The number of unbranched alkanes of at least 4 members (excludes halogenated alkanes) is 2. The minimum absolute atomic E-state index is 0.0129. The molecule has 0 bridgehead atoms. The topological polar surface area (TPSA) is 84.0 Å². The number of carbonyl (C=O) groups is 2. The summed E-state index contributed by atoms with van der Waals surface area (Å²) in [5, 5.41) is 10.4. The smallest absolute Gasteiger partial charge is 0.307 e. The monoisotopic (exact) mass is 494 g/mol. The van der Waals surface area contributed by atoms with Gasteiger partial charge in [0.25, 0.3) is 0 Å². The molecule has 0 unspecified atom stereocenters. The highest BCUT2D eigenvalue weighted by atomic mass is 79.9. The van der Waals surface area contributed by atoms with Gasteiger partial charge in [-0.2, -0.15) is 0 Å². The Hall–Kier alpha value is -1.97. The number of Topliss-reactive ketones (excluding diaryl/α,β-unsaturated/α-hetero) is 1. The standard InChI is InChI=1S/C20H23BrN4O2S2/c1-2-3-4-7-17(26)14-12-22-9-8-15(14)23-19(27)25-20-24-16(18(21)28-20)13-29-10-5-6-11-29/h5-6,8-12,29H,2-4,7,13H2,1H3,(H2,22,23,24,25,27). The van der Waals surface area contributed by atoms with Crippen molar-refractivity contribution < 1.29 is 9.59 Å². The Morgan fingerprint density at radius 1 is 1.21 bits per heavy atom. The summed E-state index contributed by atoms with van der Waals surface area (Å²) in [6, 6.07) is 1.20. The summed E-state index contributed by atoms with van der Waals surface area (Å²) in [5.74, 6) is 0.824. The lowest BCUT2D eigenvalue weighted by atomic mass is 10.1. The highest BCUT2D eigenvalue weighted by molar-refractivity contribution is 9.11. The number of aromatic nitrogens is 2. The van der Waals surface area contributed by atoms with Gasteiger partial charge < -0.3 is 5.32 Å². The number of nitrogens with zero attached hydrogens (tertiary/aromatic N) is 2. The zero-order valence-corrected chi connectivity index (χ0v) is 19.3. The maximum Gasteiger partial charge on any atom is 0.325 e. The van der Waals surface area contributed by atoms with Crippen LogP contribution in [0.1, 0.15) is 48.7 Å². The molecule has 2 aromatic heterocycles. The molecule has 2 N–H and O–H groups in total. The third-order valence-electron chi connectivity index (χ3n) is 4.25. The summed E-state index contributed by atoms with van der Waals surface area (Å²) in [4.78, 5) is 33.5. The molecular weight excluding hydrogens is 472 g/mol. The molecule has 0 atom stereocenters. The van der Waals surface area contributed by atoms with Crippen LogP contribution in [0.3, 0.4) is 0 Å². The molecule has 2 aromatic rings. The molecule has 3 heterocycles. The number of anilines is 2. The summed E-state index contributed by atoms with van der Waals surface area (Å²) in [6.45, 7) is 2.09. The number of urea groups is 1. The van der Waals surface area contributed by atoms with E-state index in [0.717, 1.165) is 34.5 Å². The Balaban J connectivity index is 1.62. The van der Waals surface area contributed by atoms with Gasteiger partial charge in [-0.15, -0.1) is 0 Å². The first-order valence-electron chi connectivity index (χ1n) is 9.38. The molecule has 1 aliphatic heterocycles. The molecule has 2 amide bonds. The van der Waals surface area contributed by atoms with Gasteiger partial charge in [0.2, 0.25) is 0 Å². The largest absolute Gasteiger partial charge is 0.325 e. The van der Waals surface area contributed by atoms with Crippen LogP contribution in [0, 0.1) is 0 Å². The molecule has 6 nitrogen and oxygen atoms in total. The number of nitrogens with one attached hydrogen (secondary N) is 2. The van der Waals surface area contributed by atoms with Gasteiger partial charge in [0, 0.05) is 24.6 Å². The number of pyridine rings is 1. The Morgan fingerprint density at radius 2 is 2.00 bits per heavy atom. The molecule has 9 heteroatoms. The van der Waals surface area contributed by atoms with Gasteiger partial charge in [0.05, 0.1) is 20.7 Å². The number of allylic oxidation sites excluding steroid dienone is 2. The van der Waals surface area contributed by atoms with Gasteiger partial charge in [0.1, 0.15) is 0 Å². The van der Waals surface area contributed by atoms with E-state index >= 15 is 0 Å². The van der Waals surface area contributed by atoms with Crippen molar-refractivity contribution in [3.63, 3.8) is 0 Å². The Labute approximate surface area is 185 Å². The minimum atomic E-state index is -0.432. The molecule has 1 aliphatic rings. The Morgan fingerprint density at radius 3 is 2.76 bits per heavy atom. The normalized spacial score (nSPS) is 13.7. The van der Waals surface area contributed by atoms with Gasteiger partial charge in [-0.05, 0) is 39.2 Å². The lowest BCUT2D eigenvalue weighted by molar-refractivity contribution is 0.0980. The van der Waals surface area contributed by atoms with Crippen LogP contribution in [0.25, 0.3) is 0 Å². The number of rotatable bonds is 9. The molecular formula is C20H23BrN4O2S2. The molecule has 154 valence electrons. The molecule has 0 saturated heterocycles. The molecule has 0 radical (unpaired) electrons. The fourth-order valence-electron chi connectivity index (χ4n) is 2.78. The first-order valence-corrected chi connectivity index (χ1v) is 12.7. The van der Waals surface area contributed by atoms with Crippen LogP contribution in [0.2, 0.25) is 0 Å². The highest BCUT2D eigenvalue weighted by Gasteiger charge is 2.16. The van der Waals surface area contributed by atoms with Crippen molar-refractivity contribution in [3.05, 3.63) is 56.5 Å². The number of ketones is 1. The molecule has 0 aliphatic carbocycles. The van der Waals surface area contributed by atoms with Crippen molar-refractivity contribution in [1.29, 1.82) is 0 Å². The highest BCUT2D eigenvalue weighted by Crippen LogP contribution is 2.40. The fourth-order valence-corrected chi connectivity index (χ4v) is 6.02. The number of hydrogen-bond donors (Lipinski definition) is 3. The van der Waals surface area contributed by atoms with Crippen LogP contribution < -0.4 is 10.6 Å².